The van der Waals surface area contributed by atoms with Crippen LogP contribution in [-0.2, 0) is 19.6 Å². The molecule has 1 atom stereocenters. The summed E-state index contributed by atoms with van der Waals surface area (Å²) in [4.78, 5) is 14.9. The van der Waals surface area contributed by atoms with Gasteiger partial charge in [-0.15, -0.1) is 0 Å². The Morgan fingerprint density at radius 3 is 2.60 bits per heavy atom. The van der Waals surface area contributed by atoms with Crippen molar-refractivity contribution in [3.63, 3.8) is 0 Å². The molecule has 138 valence electrons. The van der Waals surface area contributed by atoms with Crippen molar-refractivity contribution in [1.29, 1.82) is 0 Å². The number of sulfonamides is 1. The molecule has 7 heteroatoms. The minimum atomic E-state index is -3.57. The number of ether oxygens (including phenoxy) is 1. The number of rotatable bonds is 3. The zero-order valence-corrected chi connectivity index (χ0v) is 15.7. The summed E-state index contributed by atoms with van der Waals surface area (Å²) in [5.74, 6) is -0.198. The molecule has 0 radical (unpaired) electrons. The van der Waals surface area contributed by atoms with Crippen LogP contribution in [0, 0.1) is 19.8 Å². The molecule has 2 aliphatic rings. The number of hydrogen-bond donors (Lipinski definition) is 0. The summed E-state index contributed by atoms with van der Waals surface area (Å²) in [5.41, 5.74) is 1.66. The average molecular weight is 366 g/mol. The Morgan fingerprint density at radius 1 is 1.16 bits per heavy atom. The fraction of sp³-hybridized carbons (Fsp3) is 0.611. The fourth-order valence-corrected chi connectivity index (χ4v) is 5.36. The second-order valence-corrected chi connectivity index (χ2v) is 8.82. The highest BCUT2D eigenvalue weighted by Crippen LogP contribution is 2.27. The molecule has 0 spiro atoms. The Bertz CT molecular complexity index is 741. The van der Waals surface area contributed by atoms with Gasteiger partial charge < -0.3 is 9.64 Å². The molecule has 2 fully saturated rings. The maximum Gasteiger partial charge on any atom is 0.243 e. The van der Waals surface area contributed by atoms with E-state index in [2.05, 4.69) is 0 Å². The van der Waals surface area contributed by atoms with Gasteiger partial charge in [0.25, 0.3) is 0 Å². The van der Waals surface area contributed by atoms with Crippen LogP contribution in [0.5, 0.6) is 0 Å². The van der Waals surface area contributed by atoms with Gasteiger partial charge in [-0.05, 0) is 43.9 Å². The monoisotopic (exact) mass is 366 g/mol. The number of benzene rings is 1. The second-order valence-electron chi connectivity index (χ2n) is 6.91. The summed E-state index contributed by atoms with van der Waals surface area (Å²) < 4.78 is 33.0. The van der Waals surface area contributed by atoms with Gasteiger partial charge in [-0.1, -0.05) is 12.1 Å². The Hall–Kier alpha value is -1.44. The van der Waals surface area contributed by atoms with Gasteiger partial charge in [0.2, 0.25) is 15.9 Å². The number of morpholine rings is 1. The molecular weight excluding hydrogens is 340 g/mol. The van der Waals surface area contributed by atoms with Crippen molar-refractivity contribution in [2.75, 3.05) is 39.4 Å². The van der Waals surface area contributed by atoms with Gasteiger partial charge in [0.1, 0.15) is 0 Å². The summed E-state index contributed by atoms with van der Waals surface area (Å²) in [5, 5.41) is 0. The quantitative estimate of drug-likeness (QED) is 0.814. The van der Waals surface area contributed by atoms with Crippen molar-refractivity contribution in [2.45, 2.75) is 31.6 Å². The van der Waals surface area contributed by atoms with E-state index in [1.54, 1.807) is 6.07 Å². The number of carbonyl (C=O) groups excluding carboxylic acids is 1. The van der Waals surface area contributed by atoms with Gasteiger partial charge in [-0.2, -0.15) is 4.31 Å². The van der Waals surface area contributed by atoms with E-state index < -0.39 is 10.0 Å². The lowest BCUT2D eigenvalue weighted by molar-refractivity contribution is -0.140. The maximum atomic E-state index is 13.1. The molecule has 2 saturated heterocycles. The van der Waals surface area contributed by atoms with Crippen LogP contribution >= 0.6 is 0 Å². The molecule has 1 aromatic rings. The van der Waals surface area contributed by atoms with E-state index in [-0.39, 0.29) is 18.4 Å². The Labute approximate surface area is 149 Å². The van der Waals surface area contributed by atoms with Crippen LogP contribution < -0.4 is 0 Å². The first-order chi connectivity index (χ1) is 11.9. The Balaban J connectivity index is 1.78. The largest absolute Gasteiger partial charge is 0.378 e. The maximum absolute atomic E-state index is 13.1. The molecule has 2 aliphatic heterocycles. The van der Waals surface area contributed by atoms with Crippen LogP contribution in [0.15, 0.2) is 23.1 Å². The summed E-state index contributed by atoms with van der Waals surface area (Å²) in [6.45, 7) is 6.75. The molecule has 25 heavy (non-hydrogen) atoms. The average Bonchev–Trinajstić information content (AvgIpc) is 2.64. The second kappa shape index (κ2) is 7.43. The molecular formula is C18H26N2O4S. The lowest BCUT2D eigenvalue weighted by atomic mass is 9.98. The van der Waals surface area contributed by atoms with Gasteiger partial charge in [-0.3, -0.25) is 4.79 Å². The van der Waals surface area contributed by atoms with Crippen LogP contribution in [0.2, 0.25) is 0 Å². The van der Waals surface area contributed by atoms with E-state index >= 15 is 0 Å². The molecule has 0 N–H and O–H groups in total. The first-order valence-electron chi connectivity index (χ1n) is 8.83. The molecule has 2 heterocycles. The predicted octanol–water partition coefficient (Wildman–Crippen LogP) is 1.56. The molecule has 1 amide bonds. The normalized spacial score (nSPS) is 22.8. The molecule has 0 saturated carbocycles. The Kier molecular flexibility index (Phi) is 5.46. The van der Waals surface area contributed by atoms with E-state index in [1.807, 2.05) is 30.9 Å². The minimum absolute atomic E-state index is 0.0594. The van der Waals surface area contributed by atoms with Gasteiger partial charge in [0.05, 0.1) is 24.0 Å². The molecule has 1 aromatic carbocycles. The van der Waals surface area contributed by atoms with Gasteiger partial charge in [-0.25, -0.2) is 8.42 Å². The van der Waals surface area contributed by atoms with E-state index in [9.17, 15) is 13.2 Å². The standard InChI is InChI=1S/C18H26N2O4S/c1-14-5-6-15(2)17(12-14)25(22,23)20-7-3-4-16(13-20)18(21)19-8-10-24-11-9-19/h5-6,12,16H,3-4,7-11,13H2,1-2H3. The van der Waals surface area contributed by atoms with Gasteiger partial charge in [0.15, 0.2) is 0 Å². The number of aryl methyl sites for hydroxylation is 2. The van der Waals surface area contributed by atoms with Crippen molar-refractivity contribution in [2.24, 2.45) is 5.92 Å². The lowest BCUT2D eigenvalue weighted by Crippen LogP contribution is -2.49. The molecule has 0 aromatic heterocycles. The molecule has 0 bridgehead atoms. The zero-order chi connectivity index (χ0) is 18.0. The highest BCUT2D eigenvalue weighted by molar-refractivity contribution is 7.89. The van der Waals surface area contributed by atoms with Gasteiger partial charge in [0, 0.05) is 26.2 Å². The third-order valence-corrected chi connectivity index (χ3v) is 7.02. The first-order valence-corrected chi connectivity index (χ1v) is 10.3. The lowest BCUT2D eigenvalue weighted by Gasteiger charge is -2.35. The van der Waals surface area contributed by atoms with Crippen molar-refractivity contribution in [3.8, 4) is 0 Å². The predicted molar refractivity (Wildman–Crippen MR) is 94.8 cm³/mol. The fourth-order valence-electron chi connectivity index (χ4n) is 3.53. The van der Waals surface area contributed by atoms with Crippen LogP contribution in [-0.4, -0.2) is 62.9 Å². The molecule has 0 aliphatic carbocycles. The molecule has 3 rings (SSSR count). The smallest absolute Gasteiger partial charge is 0.243 e. The van der Waals surface area contributed by atoms with Crippen LogP contribution in [0.25, 0.3) is 0 Å². The molecule has 6 nitrogen and oxygen atoms in total. The first kappa shape index (κ1) is 18.4. The number of carbonyl (C=O) groups is 1. The van der Waals surface area contributed by atoms with Gasteiger partial charge >= 0.3 is 0 Å². The number of hydrogen-bond acceptors (Lipinski definition) is 4. The van der Waals surface area contributed by atoms with E-state index in [0.717, 1.165) is 17.5 Å². The third-order valence-electron chi connectivity index (χ3n) is 5.02. The van der Waals surface area contributed by atoms with Crippen molar-refractivity contribution in [1.82, 2.24) is 9.21 Å². The third kappa shape index (κ3) is 3.88. The van der Waals surface area contributed by atoms with Crippen molar-refractivity contribution >= 4 is 15.9 Å². The van der Waals surface area contributed by atoms with Crippen LogP contribution in [0.1, 0.15) is 24.0 Å². The van der Waals surface area contributed by atoms with E-state index in [0.29, 0.717) is 44.2 Å². The summed E-state index contributed by atoms with van der Waals surface area (Å²) in [6, 6.07) is 5.47. The number of amides is 1. The topological polar surface area (TPSA) is 66.9 Å². The number of nitrogens with zero attached hydrogens (tertiary/aromatic N) is 2. The molecule has 1 unspecified atom stereocenters. The zero-order valence-electron chi connectivity index (χ0n) is 14.9. The van der Waals surface area contributed by atoms with Crippen molar-refractivity contribution < 1.29 is 17.9 Å². The minimum Gasteiger partial charge on any atom is -0.378 e. The van der Waals surface area contributed by atoms with E-state index in [4.69, 9.17) is 4.74 Å². The number of piperidine rings is 1. The highest BCUT2D eigenvalue weighted by atomic mass is 32.2. The highest BCUT2D eigenvalue weighted by Gasteiger charge is 2.35. The van der Waals surface area contributed by atoms with Crippen molar-refractivity contribution in [3.05, 3.63) is 29.3 Å². The summed E-state index contributed by atoms with van der Waals surface area (Å²) >= 11 is 0. The van der Waals surface area contributed by atoms with Crippen LogP contribution in [0.3, 0.4) is 0 Å². The van der Waals surface area contributed by atoms with Crippen LogP contribution in [0.4, 0.5) is 0 Å². The summed E-state index contributed by atoms with van der Waals surface area (Å²) in [6.07, 6.45) is 1.46. The SMILES string of the molecule is Cc1ccc(C)c(S(=O)(=O)N2CCCC(C(=O)N3CCOCC3)C2)c1. The summed E-state index contributed by atoms with van der Waals surface area (Å²) in [7, 11) is -3.57. The van der Waals surface area contributed by atoms with E-state index in [1.165, 1.54) is 4.31 Å². The Morgan fingerprint density at radius 2 is 1.88 bits per heavy atom.